The fourth-order valence-electron chi connectivity index (χ4n) is 3.38. The summed E-state index contributed by atoms with van der Waals surface area (Å²) >= 11 is 1.68. The van der Waals surface area contributed by atoms with Gasteiger partial charge in [0.25, 0.3) is 0 Å². The monoisotopic (exact) mass is 359 g/mol. The van der Waals surface area contributed by atoms with Crippen molar-refractivity contribution in [1.29, 1.82) is 0 Å². The smallest absolute Gasteiger partial charge is 0.234 e. The molecule has 1 aliphatic heterocycles. The summed E-state index contributed by atoms with van der Waals surface area (Å²) < 4.78 is 0. The average Bonchev–Trinajstić information content (AvgIpc) is 3.13. The summed E-state index contributed by atoms with van der Waals surface area (Å²) in [5.74, 6) is 0.121. The van der Waals surface area contributed by atoms with Crippen molar-refractivity contribution in [2.75, 3.05) is 0 Å². The number of benzene rings is 3. The number of hydrogen-bond donors (Lipinski definition) is 1. The van der Waals surface area contributed by atoms with Crippen LogP contribution in [0.5, 0.6) is 0 Å². The van der Waals surface area contributed by atoms with E-state index >= 15 is 0 Å². The third-order valence-corrected chi connectivity index (χ3v) is 6.06. The molecule has 0 unspecified atom stereocenters. The van der Waals surface area contributed by atoms with Crippen LogP contribution in [0.2, 0.25) is 0 Å². The summed E-state index contributed by atoms with van der Waals surface area (Å²) in [6.45, 7) is 0. The van der Waals surface area contributed by atoms with E-state index < -0.39 is 0 Å². The molecule has 130 valence electrons. The van der Waals surface area contributed by atoms with E-state index in [0.717, 1.165) is 18.4 Å². The molecule has 0 aliphatic carbocycles. The van der Waals surface area contributed by atoms with Gasteiger partial charge in [0.2, 0.25) is 5.91 Å². The molecule has 1 N–H and O–H groups in total. The minimum absolute atomic E-state index is 0.0181. The Bertz CT molecular complexity index is 854. The molecule has 2 nitrogen and oxygen atoms in total. The van der Waals surface area contributed by atoms with Crippen molar-refractivity contribution in [2.45, 2.75) is 29.0 Å². The summed E-state index contributed by atoms with van der Waals surface area (Å²) in [5, 5.41) is 3.25. The Morgan fingerprint density at radius 2 is 1.58 bits per heavy atom. The summed E-state index contributed by atoms with van der Waals surface area (Å²) in [6.07, 6.45) is 1.60. The van der Waals surface area contributed by atoms with E-state index in [4.69, 9.17) is 0 Å². The number of hydrogen-bond acceptors (Lipinski definition) is 2. The molecule has 0 saturated heterocycles. The third kappa shape index (κ3) is 3.83. The van der Waals surface area contributed by atoms with Gasteiger partial charge < -0.3 is 5.32 Å². The molecule has 1 aliphatic rings. The van der Waals surface area contributed by atoms with Gasteiger partial charge in [-0.05, 0) is 35.6 Å². The first-order valence-electron chi connectivity index (χ1n) is 8.93. The van der Waals surface area contributed by atoms with Crippen LogP contribution in [0.25, 0.3) is 0 Å². The highest BCUT2D eigenvalue weighted by molar-refractivity contribution is 8.01. The van der Waals surface area contributed by atoms with Crippen molar-refractivity contribution in [3.63, 3.8) is 0 Å². The first-order valence-corrected chi connectivity index (χ1v) is 9.81. The zero-order valence-corrected chi connectivity index (χ0v) is 15.3. The summed E-state index contributed by atoms with van der Waals surface area (Å²) in [6, 6.07) is 28.9. The Kier molecular flexibility index (Phi) is 5.07. The Labute approximate surface area is 158 Å². The molecule has 0 radical (unpaired) electrons. The maximum Gasteiger partial charge on any atom is 0.234 e. The van der Waals surface area contributed by atoms with Gasteiger partial charge in [0.15, 0.2) is 0 Å². The zero-order chi connectivity index (χ0) is 17.8. The molecular weight excluding hydrogens is 338 g/mol. The first-order chi connectivity index (χ1) is 12.8. The highest BCUT2D eigenvalue weighted by atomic mass is 32.2. The molecule has 0 saturated carbocycles. The third-order valence-electron chi connectivity index (χ3n) is 4.74. The van der Waals surface area contributed by atoms with E-state index in [2.05, 4.69) is 41.7 Å². The van der Waals surface area contributed by atoms with Crippen LogP contribution in [0.4, 0.5) is 0 Å². The molecule has 3 heteroatoms. The van der Waals surface area contributed by atoms with Crippen LogP contribution in [0, 0.1) is 0 Å². The molecule has 2 atom stereocenters. The fourth-order valence-corrected chi connectivity index (χ4v) is 4.58. The van der Waals surface area contributed by atoms with Crippen LogP contribution in [0.3, 0.4) is 0 Å². The Hall–Kier alpha value is -2.52. The lowest BCUT2D eigenvalue weighted by atomic mass is 9.98. The largest absolute Gasteiger partial charge is 0.348 e. The number of carbonyl (C=O) groups is 1. The van der Waals surface area contributed by atoms with Crippen molar-refractivity contribution in [3.8, 4) is 0 Å². The quantitative estimate of drug-likeness (QED) is 0.709. The molecule has 0 bridgehead atoms. The summed E-state index contributed by atoms with van der Waals surface area (Å²) in [5.41, 5.74) is 3.64. The van der Waals surface area contributed by atoms with Gasteiger partial charge in [0, 0.05) is 4.90 Å². The molecule has 1 amide bonds. The Morgan fingerprint density at radius 1 is 0.923 bits per heavy atom. The maximum absolute atomic E-state index is 13.0. The van der Waals surface area contributed by atoms with Crippen LogP contribution in [-0.4, -0.2) is 11.2 Å². The van der Waals surface area contributed by atoms with Gasteiger partial charge in [-0.15, -0.1) is 11.8 Å². The minimum Gasteiger partial charge on any atom is -0.348 e. The molecule has 3 aromatic carbocycles. The Morgan fingerprint density at radius 3 is 2.31 bits per heavy atom. The zero-order valence-electron chi connectivity index (χ0n) is 14.5. The number of carbonyl (C=O) groups excluding carboxylic acids is 1. The highest BCUT2D eigenvalue weighted by Crippen LogP contribution is 2.37. The second-order valence-corrected chi connectivity index (χ2v) is 7.82. The standard InChI is InChI=1S/C23H21NOS/c25-23(22-16-19-13-7-8-14-21(19)26-22)24-20(18-11-5-2-6-12-18)15-17-9-3-1-4-10-17/h1-14,20,22H,15-16H2,(H,24,25)/t20-,22+/m0/s1. The van der Waals surface area contributed by atoms with Crippen LogP contribution in [0.15, 0.2) is 89.8 Å². The van der Waals surface area contributed by atoms with Crippen LogP contribution in [-0.2, 0) is 17.6 Å². The van der Waals surface area contributed by atoms with Crippen molar-refractivity contribution in [2.24, 2.45) is 0 Å². The summed E-state index contributed by atoms with van der Waals surface area (Å²) in [7, 11) is 0. The van der Waals surface area contributed by atoms with Crippen molar-refractivity contribution in [1.82, 2.24) is 5.32 Å². The van der Waals surface area contributed by atoms with E-state index in [9.17, 15) is 4.79 Å². The van der Waals surface area contributed by atoms with Gasteiger partial charge in [-0.2, -0.15) is 0 Å². The SMILES string of the molecule is O=C(N[C@@H](Cc1ccccc1)c1ccccc1)[C@H]1Cc2ccccc2S1. The van der Waals surface area contributed by atoms with Crippen LogP contribution >= 0.6 is 11.8 Å². The predicted octanol–water partition coefficient (Wildman–Crippen LogP) is 4.80. The average molecular weight is 359 g/mol. The number of thioether (sulfide) groups is 1. The van der Waals surface area contributed by atoms with E-state index in [1.165, 1.54) is 16.0 Å². The molecule has 26 heavy (non-hydrogen) atoms. The Balaban J connectivity index is 1.51. The number of amides is 1. The number of nitrogens with one attached hydrogen (secondary N) is 1. The maximum atomic E-state index is 13.0. The lowest BCUT2D eigenvalue weighted by molar-refractivity contribution is -0.121. The van der Waals surface area contributed by atoms with E-state index in [0.29, 0.717) is 0 Å². The van der Waals surface area contributed by atoms with E-state index in [1.807, 2.05) is 48.5 Å². The van der Waals surface area contributed by atoms with Gasteiger partial charge >= 0.3 is 0 Å². The van der Waals surface area contributed by atoms with Gasteiger partial charge in [0.1, 0.15) is 0 Å². The van der Waals surface area contributed by atoms with E-state index in [1.54, 1.807) is 11.8 Å². The van der Waals surface area contributed by atoms with Crippen LogP contribution in [0.1, 0.15) is 22.7 Å². The lowest BCUT2D eigenvalue weighted by Crippen LogP contribution is -2.36. The van der Waals surface area contributed by atoms with Gasteiger partial charge in [-0.25, -0.2) is 0 Å². The van der Waals surface area contributed by atoms with Crippen molar-refractivity contribution in [3.05, 3.63) is 102 Å². The van der Waals surface area contributed by atoms with Crippen LogP contribution < -0.4 is 5.32 Å². The predicted molar refractivity (Wildman–Crippen MR) is 107 cm³/mol. The summed E-state index contributed by atoms with van der Waals surface area (Å²) in [4.78, 5) is 14.2. The number of rotatable bonds is 5. The highest BCUT2D eigenvalue weighted by Gasteiger charge is 2.29. The van der Waals surface area contributed by atoms with Crippen molar-refractivity contribution >= 4 is 17.7 Å². The van der Waals surface area contributed by atoms with Crippen molar-refractivity contribution < 1.29 is 4.79 Å². The molecule has 3 aromatic rings. The lowest BCUT2D eigenvalue weighted by Gasteiger charge is -2.21. The minimum atomic E-state index is -0.0469. The molecule has 4 rings (SSSR count). The van der Waals surface area contributed by atoms with E-state index in [-0.39, 0.29) is 17.2 Å². The molecule has 0 fully saturated rings. The number of fused-ring (bicyclic) bond motifs is 1. The van der Waals surface area contributed by atoms with Gasteiger partial charge in [0.05, 0.1) is 11.3 Å². The second-order valence-electron chi connectivity index (χ2n) is 6.58. The van der Waals surface area contributed by atoms with Gasteiger partial charge in [-0.1, -0.05) is 78.9 Å². The first kappa shape index (κ1) is 16.9. The molecule has 1 heterocycles. The second kappa shape index (κ2) is 7.79. The fraction of sp³-hybridized carbons (Fsp3) is 0.174. The topological polar surface area (TPSA) is 29.1 Å². The normalized spacial score (nSPS) is 16.7. The molecule has 0 aromatic heterocycles. The molecule has 0 spiro atoms. The molecular formula is C23H21NOS. The van der Waals surface area contributed by atoms with Gasteiger partial charge in [-0.3, -0.25) is 4.79 Å².